The topological polar surface area (TPSA) is 58.2 Å². The van der Waals surface area contributed by atoms with Crippen LogP contribution >= 0.6 is 0 Å². The van der Waals surface area contributed by atoms with E-state index in [4.69, 9.17) is 0 Å². The number of nitrogens with one attached hydrogen (secondary N) is 2. The number of rotatable bonds is 6. The van der Waals surface area contributed by atoms with Gasteiger partial charge < -0.3 is 5.32 Å². The molecule has 2 aromatic carbocycles. The quantitative estimate of drug-likeness (QED) is 0.849. The number of benzene rings is 2. The molecule has 2 aromatic rings. The number of halogens is 2. The fourth-order valence-electron chi connectivity index (χ4n) is 2.11. The molecule has 4 nitrogen and oxygen atoms in total. The third-order valence-electron chi connectivity index (χ3n) is 3.30. The number of hydrogen-bond acceptors (Lipinski definition) is 3. The summed E-state index contributed by atoms with van der Waals surface area (Å²) in [7, 11) is -3.23. The van der Waals surface area contributed by atoms with Crippen LogP contribution in [0.5, 0.6) is 0 Å². The molecule has 0 heterocycles. The van der Waals surface area contributed by atoms with Gasteiger partial charge >= 0.3 is 0 Å². The van der Waals surface area contributed by atoms with Crippen molar-refractivity contribution in [2.24, 2.45) is 0 Å². The van der Waals surface area contributed by atoms with E-state index in [0.29, 0.717) is 5.56 Å². The lowest BCUT2D eigenvalue weighted by Crippen LogP contribution is -2.21. The smallest absolute Gasteiger partial charge is 0.209 e. The van der Waals surface area contributed by atoms with Crippen molar-refractivity contribution in [1.82, 2.24) is 4.72 Å². The minimum Gasteiger partial charge on any atom is -0.378 e. The van der Waals surface area contributed by atoms with Gasteiger partial charge in [0, 0.05) is 23.9 Å². The standard InChI is InChI=1S/C16H18F2N2O2S/c1-11(15-8-5-13(17)9-16(15)18)20-14-6-3-12(4-7-14)10-19-23(2,21)22/h3-9,11,19-20H,10H2,1-2H3/t11-/m1/s1. The van der Waals surface area contributed by atoms with E-state index in [-0.39, 0.29) is 12.6 Å². The van der Waals surface area contributed by atoms with Crippen molar-refractivity contribution in [2.75, 3.05) is 11.6 Å². The van der Waals surface area contributed by atoms with E-state index in [0.717, 1.165) is 23.6 Å². The Bertz CT molecular complexity index is 777. The van der Waals surface area contributed by atoms with E-state index in [1.165, 1.54) is 12.1 Å². The summed E-state index contributed by atoms with van der Waals surface area (Å²) in [6.07, 6.45) is 1.10. The number of sulfonamides is 1. The first kappa shape index (κ1) is 17.4. The monoisotopic (exact) mass is 340 g/mol. The van der Waals surface area contributed by atoms with Crippen molar-refractivity contribution in [1.29, 1.82) is 0 Å². The van der Waals surface area contributed by atoms with Crippen molar-refractivity contribution in [3.8, 4) is 0 Å². The van der Waals surface area contributed by atoms with Crippen molar-refractivity contribution >= 4 is 15.7 Å². The zero-order chi connectivity index (χ0) is 17.0. The Morgan fingerprint density at radius 1 is 1.09 bits per heavy atom. The Labute approximate surface area is 134 Å². The molecule has 0 aromatic heterocycles. The Kier molecular flexibility index (Phi) is 5.33. The van der Waals surface area contributed by atoms with Crippen molar-refractivity contribution in [3.63, 3.8) is 0 Å². The van der Waals surface area contributed by atoms with Gasteiger partial charge in [-0.1, -0.05) is 18.2 Å². The third-order valence-corrected chi connectivity index (χ3v) is 3.97. The van der Waals surface area contributed by atoms with Crippen molar-refractivity contribution in [2.45, 2.75) is 19.5 Å². The molecule has 0 saturated heterocycles. The van der Waals surface area contributed by atoms with Gasteiger partial charge in [-0.15, -0.1) is 0 Å². The molecule has 23 heavy (non-hydrogen) atoms. The van der Waals surface area contributed by atoms with E-state index < -0.39 is 21.7 Å². The largest absolute Gasteiger partial charge is 0.378 e. The first-order valence-corrected chi connectivity index (χ1v) is 8.89. The molecule has 0 bridgehead atoms. The second-order valence-electron chi connectivity index (χ2n) is 5.32. The Morgan fingerprint density at radius 3 is 2.30 bits per heavy atom. The van der Waals surface area contributed by atoms with Crippen LogP contribution in [0, 0.1) is 11.6 Å². The number of hydrogen-bond donors (Lipinski definition) is 2. The molecule has 2 rings (SSSR count). The predicted octanol–water partition coefficient (Wildman–Crippen LogP) is 3.19. The van der Waals surface area contributed by atoms with Crippen LogP contribution in [-0.2, 0) is 16.6 Å². The van der Waals surface area contributed by atoms with Crippen LogP contribution in [0.4, 0.5) is 14.5 Å². The van der Waals surface area contributed by atoms with Gasteiger partial charge in [0.1, 0.15) is 11.6 Å². The lowest BCUT2D eigenvalue weighted by atomic mass is 10.1. The average molecular weight is 340 g/mol. The zero-order valence-corrected chi connectivity index (χ0v) is 13.6. The van der Waals surface area contributed by atoms with Crippen LogP contribution in [-0.4, -0.2) is 14.7 Å². The summed E-state index contributed by atoms with van der Waals surface area (Å²) in [6, 6.07) is 10.2. The lowest BCUT2D eigenvalue weighted by Gasteiger charge is -2.17. The summed E-state index contributed by atoms with van der Waals surface area (Å²) in [5, 5.41) is 3.12. The number of anilines is 1. The molecular formula is C16H18F2N2O2S. The van der Waals surface area contributed by atoms with Crippen LogP contribution in [0.15, 0.2) is 42.5 Å². The Balaban J connectivity index is 2.02. The van der Waals surface area contributed by atoms with Crippen molar-refractivity contribution < 1.29 is 17.2 Å². The summed E-state index contributed by atoms with van der Waals surface area (Å²) in [6.45, 7) is 1.98. The van der Waals surface area contributed by atoms with Gasteiger partial charge in [0.15, 0.2) is 0 Å². The van der Waals surface area contributed by atoms with Gasteiger partial charge in [0.2, 0.25) is 10.0 Å². The highest BCUT2D eigenvalue weighted by molar-refractivity contribution is 7.88. The molecule has 0 unspecified atom stereocenters. The molecule has 0 amide bonds. The summed E-state index contributed by atoms with van der Waals surface area (Å²) in [5.74, 6) is -1.21. The summed E-state index contributed by atoms with van der Waals surface area (Å²) >= 11 is 0. The normalized spacial score (nSPS) is 12.9. The maximum atomic E-state index is 13.7. The second kappa shape index (κ2) is 7.06. The molecule has 0 aliphatic heterocycles. The van der Waals surface area contributed by atoms with Gasteiger partial charge in [-0.2, -0.15) is 0 Å². The van der Waals surface area contributed by atoms with Gasteiger partial charge in [0.05, 0.1) is 12.3 Å². The van der Waals surface area contributed by atoms with E-state index in [1.54, 1.807) is 31.2 Å². The van der Waals surface area contributed by atoms with E-state index in [2.05, 4.69) is 10.0 Å². The highest BCUT2D eigenvalue weighted by Crippen LogP contribution is 2.22. The molecule has 124 valence electrons. The van der Waals surface area contributed by atoms with Gasteiger partial charge in [-0.25, -0.2) is 21.9 Å². The highest BCUT2D eigenvalue weighted by Gasteiger charge is 2.11. The van der Waals surface area contributed by atoms with Crippen LogP contribution in [0.1, 0.15) is 24.1 Å². The predicted molar refractivity (Wildman–Crippen MR) is 86.5 cm³/mol. The van der Waals surface area contributed by atoms with E-state index in [1.807, 2.05) is 0 Å². The maximum absolute atomic E-state index is 13.7. The zero-order valence-electron chi connectivity index (χ0n) is 12.8. The minimum absolute atomic E-state index is 0.210. The van der Waals surface area contributed by atoms with Gasteiger partial charge in [-0.05, 0) is 30.7 Å². The summed E-state index contributed by atoms with van der Waals surface area (Å²) in [4.78, 5) is 0. The van der Waals surface area contributed by atoms with Gasteiger partial charge in [0.25, 0.3) is 0 Å². The van der Waals surface area contributed by atoms with E-state index in [9.17, 15) is 17.2 Å². The van der Waals surface area contributed by atoms with Crippen LogP contribution in [0.25, 0.3) is 0 Å². The maximum Gasteiger partial charge on any atom is 0.209 e. The SMILES string of the molecule is C[C@@H](Nc1ccc(CNS(C)(=O)=O)cc1)c1ccc(F)cc1F. The Hall–Kier alpha value is -1.99. The van der Waals surface area contributed by atoms with E-state index >= 15 is 0 Å². The van der Waals surface area contributed by atoms with Crippen LogP contribution in [0.3, 0.4) is 0 Å². The first-order valence-electron chi connectivity index (χ1n) is 6.99. The fourth-order valence-corrected chi connectivity index (χ4v) is 2.54. The molecule has 0 aliphatic rings. The molecule has 0 spiro atoms. The molecule has 1 atom stereocenters. The molecule has 2 N–H and O–H groups in total. The van der Waals surface area contributed by atoms with Crippen LogP contribution in [0.2, 0.25) is 0 Å². The lowest BCUT2D eigenvalue weighted by molar-refractivity contribution is 0.566. The third kappa shape index (κ3) is 5.30. The molecule has 0 fully saturated rings. The Morgan fingerprint density at radius 2 is 1.74 bits per heavy atom. The molecule has 0 aliphatic carbocycles. The molecule has 0 saturated carbocycles. The second-order valence-corrected chi connectivity index (χ2v) is 7.16. The first-order chi connectivity index (χ1) is 10.7. The highest BCUT2D eigenvalue weighted by atomic mass is 32.2. The summed E-state index contributed by atoms with van der Waals surface area (Å²) in [5.41, 5.74) is 1.93. The van der Waals surface area contributed by atoms with Gasteiger partial charge in [-0.3, -0.25) is 0 Å². The molecule has 7 heteroatoms. The average Bonchev–Trinajstić information content (AvgIpc) is 2.45. The van der Waals surface area contributed by atoms with Crippen molar-refractivity contribution in [3.05, 3.63) is 65.2 Å². The summed E-state index contributed by atoms with van der Waals surface area (Å²) < 4.78 is 51.2. The minimum atomic E-state index is -3.23. The van der Waals surface area contributed by atoms with Crippen LogP contribution < -0.4 is 10.0 Å². The molecular weight excluding hydrogens is 322 g/mol. The molecule has 0 radical (unpaired) electrons. The fraction of sp³-hybridized carbons (Fsp3) is 0.250.